The Kier molecular flexibility index (Phi) is 12.1. The van der Waals surface area contributed by atoms with Gasteiger partial charge in [-0.2, -0.15) is 0 Å². The lowest BCUT2D eigenvalue weighted by atomic mass is 10.2. The monoisotopic (exact) mass is 614 g/mol. The Hall–Kier alpha value is -2.58. The first-order valence-corrected chi connectivity index (χ1v) is 18.4. The Balaban J connectivity index is 0.00000560. The summed E-state index contributed by atoms with van der Waals surface area (Å²) in [4.78, 5) is 0. The number of anilines is 1. The standard InChI is InChI=1S/C26H42N6O5SSi.ClH/c1-19(13-14-27)28-15-17-38(33,34)31(16-18-39(5,6)7)26-30-29-25(23-12-11-20(2)37-23)32(26)24-21(35-3)9-8-10-22(24)36-4;/h8-12,19,28H,13-18,27H2,1-7H3;1H. The van der Waals surface area contributed by atoms with Gasteiger partial charge in [0.2, 0.25) is 21.8 Å². The van der Waals surface area contributed by atoms with Crippen molar-refractivity contribution in [2.45, 2.75) is 52.0 Å². The highest BCUT2D eigenvalue weighted by Gasteiger charge is 2.33. The van der Waals surface area contributed by atoms with Gasteiger partial charge in [-0.15, -0.1) is 22.6 Å². The summed E-state index contributed by atoms with van der Waals surface area (Å²) in [5.41, 5.74) is 6.13. The largest absolute Gasteiger partial charge is 0.494 e. The summed E-state index contributed by atoms with van der Waals surface area (Å²) in [6, 6.07) is 9.80. The predicted molar refractivity (Wildman–Crippen MR) is 165 cm³/mol. The molecule has 3 rings (SSSR count). The number of ether oxygens (including phenoxy) is 2. The maximum Gasteiger partial charge on any atom is 0.246 e. The quantitative estimate of drug-likeness (QED) is 0.243. The molecule has 1 atom stereocenters. The Morgan fingerprint density at radius 1 is 1.12 bits per heavy atom. The van der Waals surface area contributed by atoms with Crippen LogP contribution >= 0.6 is 12.4 Å². The summed E-state index contributed by atoms with van der Waals surface area (Å²) in [5, 5.41) is 12.1. The van der Waals surface area contributed by atoms with Gasteiger partial charge in [0.1, 0.15) is 22.9 Å². The van der Waals surface area contributed by atoms with Gasteiger partial charge >= 0.3 is 0 Å². The molecule has 3 aromatic rings. The van der Waals surface area contributed by atoms with Crippen LogP contribution in [0.5, 0.6) is 11.5 Å². The number of nitrogens with two attached hydrogens (primary N) is 1. The number of hydrogen-bond donors (Lipinski definition) is 2. The third kappa shape index (κ3) is 8.23. The minimum absolute atomic E-state index is 0. The molecule has 0 aliphatic heterocycles. The lowest BCUT2D eigenvalue weighted by molar-refractivity contribution is 0.391. The van der Waals surface area contributed by atoms with E-state index in [1.54, 1.807) is 43.1 Å². The molecule has 2 aromatic heterocycles. The fourth-order valence-corrected chi connectivity index (χ4v) is 6.50. The van der Waals surface area contributed by atoms with Gasteiger partial charge in [-0.3, -0.25) is 4.57 Å². The van der Waals surface area contributed by atoms with Gasteiger partial charge in [0.15, 0.2) is 5.76 Å². The van der Waals surface area contributed by atoms with Crippen molar-refractivity contribution in [2.75, 3.05) is 43.9 Å². The van der Waals surface area contributed by atoms with Crippen LogP contribution in [0.4, 0.5) is 5.95 Å². The highest BCUT2D eigenvalue weighted by Crippen LogP contribution is 2.39. The molecular weight excluding hydrogens is 572 g/mol. The molecule has 224 valence electrons. The molecule has 0 bridgehead atoms. The topological polar surface area (TPSA) is 138 Å². The van der Waals surface area contributed by atoms with Crippen LogP contribution in [-0.4, -0.2) is 76.9 Å². The van der Waals surface area contributed by atoms with Crippen molar-refractivity contribution in [3.05, 3.63) is 36.1 Å². The van der Waals surface area contributed by atoms with E-state index in [-0.39, 0.29) is 43.2 Å². The molecule has 0 saturated carbocycles. The van der Waals surface area contributed by atoms with Gasteiger partial charge in [-0.1, -0.05) is 25.7 Å². The molecule has 0 fully saturated rings. The van der Waals surface area contributed by atoms with Crippen LogP contribution < -0.4 is 24.8 Å². The fraction of sp³-hybridized carbons (Fsp3) is 0.538. The first-order valence-electron chi connectivity index (χ1n) is 13.1. The molecule has 1 unspecified atom stereocenters. The highest BCUT2D eigenvalue weighted by atomic mass is 35.5. The van der Waals surface area contributed by atoms with E-state index in [9.17, 15) is 8.42 Å². The number of sulfonamides is 1. The van der Waals surface area contributed by atoms with Crippen LogP contribution in [-0.2, 0) is 10.0 Å². The van der Waals surface area contributed by atoms with Crippen LogP contribution in [0.3, 0.4) is 0 Å². The minimum atomic E-state index is -3.82. The molecule has 11 nitrogen and oxygen atoms in total. The number of methoxy groups -OCH3 is 2. The van der Waals surface area contributed by atoms with Crippen molar-refractivity contribution in [1.29, 1.82) is 0 Å². The smallest absolute Gasteiger partial charge is 0.246 e. The number of halogens is 1. The Morgan fingerprint density at radius 2 is 1.77 bits per heavy atom. The van der Waals surface area contributed by atoms with E-state index in [4.69, 9.17) is 19.6 Å². The van der Waals surface area contributed by atoms with E-state index < -0.39 is 18.1 Å². The first-order chi connectivity index (χ1) is 18.4. The van der Waals surface area contributed by atoms with Crippen LogP contribution in [0.25, 0.3) is 17.3 Å². The number of benzene rings is 1. The second-order valence-electron chi connectivity index (χ2n) is 10.7. The third-order valence-electron chi connectivity index (χ3n) is 6.31. The molecule has 0 amide bonds. The zero-order valence-corrected chi connectivity index (χ0v) is 27.1. The normalized spacial score (nSPS) is 12.6. The Bertz CT molecular complexity index is 1320. The molecule has 14 heteroatoms. The SMILES string of the molecule is COc1cccc(OC)c1-n1c(-c2ccc(C)o2)nnc1N(CC[Si](C)(C)C)S(=O)(=O)CCNC(C)CCN.Cl. The maximum absolute atomic E-state index is 13.9. The van der Waals surface area contributed by atoms with E-state index >= 15 is 0 Å². The molecule has 0 radical (unpaired) electrons. The van der Waals surface area contributed by atoms with Crippen molar-refractivity contribution in [1.82, 2.24) is 20.1 Å². The average molecular weight is 615 g/mol. The fourth-order valence-electron chi connectivity index (χ4n) is 4.11. The Morgan fingerprint density at radius 3 is 2.30 bits per heavy atom. The van der Waals surface area contributed by atoms with E-state index in [1.807, 2.05) is 19.9 Å². The van der Waals surface area contributed by atoms with Gasteiger partial charge in [-0.05, 0) is 57.1 Å². The van der Waals surface area contributed by atoms with E-state index in [1.165, 1.54) is 4.31 Å². The molecule has 0 saturated heterocycles. The molecule has 40 heavy (non-hydrogen) atoms. The van der Waals surface area contributed by atoms with Crippen LogP contribution in [0.2, 0.25) is 25.7 Å². The zero-order chi connectivity index (χ0) is 28.8. The predicted octanol–water partition coefficient (Wildman–Crippen LogP) is 4.08. The number of aromatic nitrogens is 3. The van der Waals surface area contributed by atoms with Crippen molar-refractivity contribution in [3.8, 4) is 28.8 Å². The highest BCUT2D eigenvalue weighted by molar-refractivity contribution is 7.92. The molecule has 0 spiro atoms. The first kappa shape index (κ1) is 33.6. The number of nitrogens with one attached hydrogen (secondary N) is 1. The maximum atomic E-state index is 13.9. The Labute approximate surface area is 244 Å². The number of furan rings is 1. The summed E-state index contributed by atoms with van der Waals surface area (Å²) in [6.45, 7) is 11.5. The number of aryl methyl sites for hydroxylation is 1. The second kappa shape index (κ2) is 14.4. The summed E-state index contributed by atoms with van der Waals surface area (Å²) >= 11 is 0. The lowest BCUT2D eigenvalue weighted by Gasteiger charge is -2.28. The molecule has 0 aliphatic carbocycles. The van der Waals surface area contributed by atoms with E-state index in [0.717, 1.165) is 12.5 Å². The lowest BCUT2D eigenvalue weighted by Crippen LogP contribution is -2.42. The van der Waals surface area contributed by atoms with Crippen LogP contribution in [0.1, 0.15) is 19.1 Å². The van der Waals surface area contributed by atoms with Crippen molar-refractivity contribution >= 4 is 36.5 Å². The van der Waals surface area contributed by atoms with Gasteiger partial charge < -0.3 is 24.9 Å². The zero-order valence-electron chi connectivity index (χ0n) is 24.4. The molecule has 3 N–H and O–H groups in total. The average Bonchev–Trinajstić information content (AvgIpc) is 3.48. The van der Waals surface area contributed by atoms with Crippen LogP contribution in [0, 0.1) is 6.92 Å². The van der Waals surface area contributed by atoms with Crippen LogP contribution in [0.15, 0.2) is 34.7 Å². The number of rotatable bonds is 15. The summed E-state index contributed by atoms with van der Waals surface area (Å²) in [5.74, 6) is 2.45. The van der Waals surface area contributed by atoms with Gasteiger partial charge in [-0.25, -0.2) is 12.7 Å². The van der Waals surface area contributed by atoms with Gasteiger partial charge in [0.05, 0.1) is 20.0 Å². The molecular formula is C26H43ClN6O5SSi. The molecule has 1 aromatic carbocycles. The third-order valence-corrected chi connectivity index (χ3v) is 9.77. The molecule has 0 aliphatic rings. The molecule has 2 heterocycles. The summed E-state index contributed by atoms with van der Waals surface area (Å²) in [6.07, 6.45) is 0.757. The van der Waals surface area contributed by atoms with Crippen molar-refractivity contribution < 1.29 is 22.3 Å². The number of nitrogens with zero attached hydrogens (tertiary/aromatic N) is 4. The minimum Gasteiger partial charge on any atom is -0.494 e. The second-order valence-corrected chi connectivity index (χ2v) is 18.3. The summed E-state index contributed by atoms with van der Waals surface area (Å²) < 4.78 is 48.2. The van der Waals surface area contributed by atoms with Crippen molar-refractivity contribution in [3.63, 3.8) is 0 Å². The summed E-state index contributed by atoms with van der Waals surface area (Å²) in [7, 11) is -2.36. The van der Waals surface area contributed by atoms with Gasteiger partial charge in [0.25, 0.3) is 0 Å². The van der Waals surface area contributed by atoms with Crippen molar-refractivity contribution in [2.24, 2.45) is 5.73 Å². The number of para-hydroxylation sites is 1. The van der Waals surface area contributed by atoms with E-state index in [2.05, 4.69) is 35.2 Å². The number of hydrogen-bond acceptors (Lipinski definition) is 9. The van der Waals surface area contributed by atoms with E-state index in [0.29, 0.717) is 41.1 Å². The van der Waals surface area contributed by atoms with Gasteiger partial charge in [0, 0.05) is 27.2 Å².